The van der Waals surface area contributed by atoms with Crippen LogP contribution in [0.3, 0.4) is 0 Å². The molecule has 0 saturated carbocycles. The smallest absolute Gasteiger partial charge is 0.131 e. The van der Waals surface area contributed by atoms with Gasteiger partial charge in [0.05, 0.1) is 25.8 Å². The number of rotatable bonds is 5. The molecule has 1 heterocycles. The molecule has 0 unspecified atom stereocenters. The lowest BCUT2D eigenvalue weighted by atomic mass is 10.0. The van der Waals surface area contributed by atoms with Crippen molar-refractivity contribution in [3.63, 3.8) is 0 Å². The van der Waals surface area contributed by atoms with Crippen molar-refractivity contribution in [2.45, 2.75) is 6.04 Å². The fraction of sp³-hybridized carbons (Fsp3) is 0.571. The third-order valence-corrected chi connectivity index (χ3v) is 3.62. The number of alkyl halides is 1. The maximum absolute atomic E-state index is 13.5. The maximum atomic E-state index is 13.5. The molecule has 20 heavy (non-hydrogen) atoms. The van der Waals surface area contributed by atoms with Crippen LogP contribution in [-0.2, 0) is 0 Å². The van der Waals surface area contributed by atoms with E-state index >= 15 is 0 Å². The molecule has 1 aliphatic heterocycles. The van der Waals surface area contributed by atoms with Crippen molar-refractivity contribution in [3.05, 3.63) is 17.7 Å². The summed E-state index contributed by atoms with van der Waals surface area (Å²) in [6, 6.07) is 2.65. The highest BCUT2D eigenvalue weighted by Gasteiger charge is 2.28. The van der Waals surface area contributed by atoms with Crippen LogP contribution in [0, 0.1) is 0 Å². The molecule has 1 aliphatic rings. The second-order valence-corrected chi connectivity index (χ2v) is 4.72. The van der Waals surface area contributed by atoms with Gasteiger partial charge < -0.3 is 19.9 Å². The largest absolute Gasteiger partial charge is 0.507 e. The van der Waals surface area contributed by atoms with Crippen LogP contribution >= 0.6 is 0 Å². The van der Waals surface area contributed by atoms with Gasteiger partial charge in [0.1, 0.15) is 23.9 Å². The zero-order valence-electron chi connectivity index (χ0n) is 11.9. The van der Waals surface area contributed by atoms with Crippen molar-refractivity contribution >= 4 is 0 Å². The van der Waals surface area contributed by atoms with E-state index in [1.807, 2.05) is 4.90 Å². The highest BCUT2D eigenvalue weighted by molar-refractivity contribution is 5.51. The second-order valence-electron chi connectivity index (χ2n) is 4.72. The Labute approximate surface area is 118 Å². The first-order chi connectivity index (χ1) is 9.71. The van der Waals surface area contributed by atoms with E-state index in [2.05, 4.69) is 5.32 Å². The molecular formula is C14H21FN2O3. The van der Waals surface area contributed by atoms with Crippen LogP contribution in [-0.4, -0.2) is 57.1 Å². The molecule has 2 N–H and O–H groups in total. The maximum Gasteiger partial charge on any atom is 0.131 e. The van der Waals surface area contributed by atoms with Gasteiger partial charge in [-0.2, -0.15) is 0 Å². The molecular weight excluding hydrogens is 263 g/mol. The molecule has 0 spiro atoms. The topological polar surface area (TPSA) is 54.0 Å². The number of phenolic OH excluding ortho intramolecular Hbond substituents is 1. The summed E-state index contributed by atoms with van der Waals surface area (Å²) < 4.78 is 23.9. The summed E-state index contributed by atoms with van der Waals surface area (Å²) in [5.74, 6) is 0.937. The van der Waals surface area contributed by atoms with Crippen LogP contribution in [0.25, 0.3) is 0 Å². The number of piperazine rings is 1. The van der Waals surface area contributed by atoms with Crippen molar-refractivity contribution in [2.24, 2.45) is 0 Å². The number of hydrogen-bond acceptors (Lipinski definition) is 5. The van der Waals surface area contributed by atoms with Gasteiger partial charge in [-0.05, 0) is 0 Å². The van der Waals surface area contributed by atoms with Gasteiger partial charge in [0.2, 0.25) is 0 Å². The van der Waals surface area contributed by atoms with Crippen LogP contribution in [0.4, 0.5) is 4.39 Å². The predicted molar refractivity (Wildman–Crippen MR) is 74.4 cm³/mol. The van der Waals surface area contributed by atoms with E-state index < -0.39 is 12.7 Å². The Morgan fingerprint density at radius 3 is 2.55 bits per heavy atom. The fourth-order valence-corrected chi connectivity index (χ4v) is 2.56. The zero-order chi connectivity index (χ0) is 14.5. The van der Waals surface area contributed by atoms with E-state index in [-0.39, 0.29) is 5.75 Å². The molecule has 5 nitrogen and oxygen atoms in total. The van der Waals surface area contributed by atoms with Gasteiger partial charge in [-0.3, -0.25) is 4.90 Å². The van der Waals surface area contributed by atoms with Crippen LogP contribution < -0.4 is 14.8 Å². The third-order valence-electron chi connectivity index (χ3n) is 3.62. The van der Waals surface area contributed by atoms with E-state index in [4.69, 9.17) is 9.47 Å². The molecule has 1 saturated heterocycles. The third kappa shape index (κ3) is 2.96. The Morgan fingerprint density at radius 2 is 2.00 bits per heavy atom. The van der Waals surface area contributed by atoms with Crippen molar-refractivity contribution in [1.82, 2.24) is 10.2 Å². The lowest BCUT2D eigenvalue weighted by Crippen LogP contribution is -2.45. The number of halogens is 1. The Bertz CT molecular complexity index is 450. The van der Waals surface area contributed by atoms with E-state index in [1.165, 1.54) is 20.3 Å². The predicted octanol–water partition coefficient (Wildman–Crippen LogP) is 1.33. The van der Waals surface area contributed by atoms with Crippen LogP contribution in [0.1, 0.15) is 11.6 Å². The van der Waals surface area contributed by atoms with Crippen LogP contribution in [0.15, 0.2) is 12.1 Å². The minimum Gasteiger partial charge on any atom is -0.507 e. The second kappa shape index (κ2) is 6.76. The number of hydrogen-bond donors (Lipinski definition) is 2. The minimum atomic E-state index is -0.573. The normalized spacial score (nSPS) is 17.8. The van der Waals surface area contributed by atoms with Crippen LogP contribution in [0.2, 0.25) is 0 Å². The summed E-state index contributed by atoms with van der Waals surface area (Å²) in [6.45, 7) is 2.54. The molecule has 0 aromatic heterocycles. The van der Waals surface area contributed by atoms with Gasteiger partial charge in [-0.25, -0.2) is 4.39 Å². The number of phenols is 1. The average Bonchev–Trinajstić information content (AvgIpc) is 2.50. The summed E-state index contributed by atoms with van der Waals surface area (Å²) in [5.41, 5.74) is 0.484. The monoisotopic (exact) mass is 284 g/mol. The first-order valence-corrected chi connectivity index (χ1v) is 6.66. The van der Waals surface area contributed by atoms with E-state index in [0.717, 1.165) is 26.2 Å². The summed E-state index contributed by atoms with van der Waals surface area (Å²) in [6.07, 6.45) is 0. The van der Waals surface area contributed by atoms with E-state index in [1.54, 1.807) is 6.07 Å². The molecule has 0 radical (unpaired) electrons. The molecule has 112 valence electrons. The molecule has 0 amide bonds. The molecule has 1 atom stereocenters. The molecule has 1 fully saturated rings. The van der Waals surface area contributed by atoms with Crippen LogP contribution in [0.5, 0.6) is 17.2 Å². The number of ether oxygens (including phenoxy) is 2. The van der Waals surface area contributed by atoms with E-state index in [9.17, 15) is 9.50 Å². The van der Waals surface area contributed by atoms with Gasteiger partial charge in [-0.1, -0.05) is 0 Å². The lowest BCUT2D eigenvalue weighted by molar-refractivity contribution is 0.142. The molecule has 1 aromatic rings. The average molecular weight is 284 g/mol. The molecule has 6 heteroatoms. The molecule has 0 aliphatic carbocycles. The van der Waals surface area contributed by atoms with Gasteiger partial charge in [-0.15, -0.1) is 0 Å². The molecule has 0 bridgehead atoms. The fourth-order valence-electron chi connectivity index (χ4n) is 2.56. The zero-order valence-corrected chi connectivity index (χ0v) is 11.9. The Balaban J connectivity index is 2.37. The lowest BCUT2D eigenvalue weighted by Gasteiger charge is -2.34. The number of aromatic hydroxyl groups is 1. The Hall–Kier alpha value is -1.53. The highest BCUT2D eigenvalue weighted by atomic mass is 19.1. The number of nitrogens with zero attached hydrogens (tertiary/aromatic N) is 1. The minimum absolute atomic E-state index is 0.00221. The van der Waals surface area contributed by atoms with Gasteiger partial charge in [0.25, 0.3) is 0 Å². The SMILES string of the molecule is COc1cc(O)c([C@@H](CF)N2CCNCC2)c(OC)c1. The van der Waals surface area contributed by atoms with Crippen molar-refractivity contribution < 1.29 is 19.0 Å². The first-order valence-electron chi connectivity index (χ1n) is 6.66. The standard InChI is InChI=1S/C14H21FN2O3/c1-19-10-7-12(18)14(13(8-10)20-2)11(9-15)17-5-3-16-4-6-17/h7-8,11,16,18H,3-6,9H2,1-2H3/t11-/m1/s1. The van der Waals surface area contributed by atoms with Crippen molar-refractivity contribution in [1.29, 1.82) is 0 Å². The van der Waals surface area contributed by atoms with E-state index in [0.29, 0.717) is 17.1 Å². The first kappa shape index (κ1) is 14.9. The number of nitrogens with one attached hydrogen (secondary N) is 1. The summed E-state index contributed by atoms with van der Waals surface area (Å²) in [4.78, 5) is 2.01. The van der Waals surface area contributed by atoms with Gasteiger partial charge >= 0.3 is 0 Å². The van der Waals surface area contributed by atoms with Crippen molar-refractivity contribution in [2.75, 3.05) is 47.1 Å². The Kier molecular flexibility index (Phi) is 5.03. The number of methoxy groups -OCH3 is 2. The summed E-state index contributed by atoms with van der Waals surface area (Å²) in [7, 11) is 3.02. The summed E-state index contributed by atoms with van der Waals surface area (Å²) in [5, 5.41) is 13.4. The molecule has 1 aromatic carbocycles. The highest BCUT2D eigenvalue weighted by Crippen LogP contribution is 2.40. The number of benzene rings is 1. The summed E-state index contributed by atoms with van der Waals surface area (Å²) >= 11 is 0. The van der Waals surface area contributed by atoms with Crippen molar-refractivity contribution in [3.8, 4) is 17.2 Å². The van der Waals surface area contributed by atoms with Gasteiger partial charge in [0, 0.05) is 38.3 Å². The quantitative estimate of drug-likeness (QED) is 0.854. The molecule has 2 rings (SSSR count). The van der Waals surface area contributed by atoms with Gasteiger partial charge in [0.15, 0.2) is 0 Å². The Morgan fingerprint density at radius 1 is 1.30 bits per heavy atom.